The summed E-state index contributed by atoms with van der Waals surface area (Å²) in [5.41, 5.74) is 9.60. The highest BCUT2D eigenvalue weighted by Gasteiger charge is 2.43. The van der Waals surface area contributed by atoms with Crippen molar-refractivity contribution in [2.24, 2.45) is 0 Å². The molecular formula is C16H18N6O. The van der Waals surface area contributed by atoms with Crippen molar-refractivity contribution in [1.82, 2.24) is 19.7 Å². The lowest BCUT2D eigenvalue weighted by atomic mass is 9.86. The predicted molar refractivity (Wildman–Crippen MR) is 88.7 cm³/mol. The number of aromatic nitrogens is 4. The number of carbonyl (C=O) groups excluding carboxylic acids is 1. The smallest absolute Gasteiger partial charge is 0.237 e. The van der Waals surface area contributed by atoms with E-state index in [1.54, 1.807) is 12.5 Å². The Balaban J connectivity index is 2.00. The highest BCUT2D eigenvalue weighted by molar-refractivity contribution is 6.09. The number of benzene rings is 1. The Morgan fingerprint density at radius 3 is 2.78 bits per heavy atom. The molecule has 3 heterocycles. The zero-order valence-corrected chi connectivity index (χ0v) is 13.3. The Morgan fingerprint density at radius 2 is 2.13 bits per heavy atom. The van der Waals surface area contributed by atoms with E-state index in [2.05, 4.69) is 15.2 Å². The van der Waals surface area contributed by atoms with Gasteiger partial charge < -0.3 is 10.6 Å². The lowest BCUT2D eigenvalue weighted by Gasteiger charge is -2.18. The second-order valence-corrected chi connectivity index (χ2v) is 6.31. The highest BCUT2D eigenvalue weighted by Crippen LogP contribution is 2.43. The number of aromatic amines is 1. The Labute approximate surface area is 133 Å². The summed E-state index contributed by atoms with van der Waals surface area (Å²) in [5, 5.41) is 6.94. The zero-order chi connectivity index (χ0) is 16.4. The van der Waals surface area contributed by atoms with Crippen molar-refractivity contribution >= 4 is 28.3 Å². The van der Waals surface area contributed by atoms with E-state index in [1.165, 1.54) is 0 Å². The lowest BCUT2D eigenvalue weighted by molar-refractivity contribution is -0.122. The molecule has 0 atom stereocenters. The number of nitrogens with one attached hydrogen (secondary N) is 1. The monoisotopic (exact) mass is 310 g/mol. The maximum absolute atomic E-state index is 12.6. The number of amides is 1. The van der Waals surface area contributed by atoms with Crippen molar-refractivity contribution < 1.29 is 4.79 Å². The molecule has 1 aromatic carbocycles. The number of imidazole rings is 1. The molecule has 0 saturated heterocycles. The van der Waals surface area contributed by atoms with Crippen molar-refractivity contribution in [3.8, 4) is 5.82 Å². The van der Waals surface area contributed by atoms with Crippen LogP contribution in [0.4, 0.5) is 11.4 Å². The number of fused-ring (bicyclic) bond motifs is 2. The molecule has 3 N–H and O–H groups in total. The van der Waals surface area contributed by atoms with Gasteiger partial charge in [0.2, 0.25) is 5.91 Å². The molecule has 1 aliphatic heterocycles. The first-order valence-corrected chi connectivity index (χ1v) is 7.58. The fraction of sp³-hybridized carbons (Fsp3) is 0.312. The molecular weight excluding hydrogens is 292 g/mol. The molecule has 7 heteroatoms. The van der Waals surface area contributed by atoms with Gasteiger partial charge in [0.1, 0.15) is 6.33 Å². The van der Waals surface area contributed by atoms with E-state index in [0.717, 1.165) is 22.3 Å². The summed E-state index contributed by atoms with van der Waals surface area (Å²) in [7, 11) is 0. The van der Waals surface area contributed by atoms with E-state index in [0.29, 0.717) is 18.1 Å². The van der Waals surface area contributed by atoms with E-state index in [-0.39, 0.29) is 5.91 Å². The number of rotatable bonds is 2. The van der Waals surface area contributed by atoms with Gasteiger partial charge in [-0.15, -0.1) is 0 Å². The summed E-state index contributed by atoms with van der Waals surface area (Å²) >= 11 is 0. The zero-order valence-electron chi connectivity index (χ0n) is 13.3. The number of hydrogen-bond acceptors (Lipinski definition) is 4. The first-order valence-electron chi connectivity index (χ1n) is 7.58. The fourth-order valence-electron chi connectivity index (χ4n) is 3.30. The van der Waals surface area contributed by atoms with Gasteiger partial charge in [0, 0.05) is 12.7 Å². The van der Waals surface area contributed by atoms with Crippen molar-refractivity contribution in [3.63, 3.8) is 0 Å². The molecule has 1 aliphatic rings. The summed E-state index contributed by atoms with van der Waals surface area (Å²) in [6, 6.07) is 4.00. The molecule has 0 radical (unpaired) electrons. The Bertz CT molecular complexity index is 935. The third-order valence-electron chi connectivity index (χ3n) is 4.60. The molecule has 0 bridgehead atoms. The van der Waals surface area contributed by atoms with Crippen LogP contribution < -0.4 is 10.6 Å². The number of nitrogen functional groups attached to an aromatic ring is 1. The number of anilines is 2. The average Bonchev–Trinajstić information content (AvgIpc) is 3.16. The number of H-pyrrole nitrogens is 1. The molecule has 7 nitrogen and oxygen atoms in total. The highest BCUT2D eigenvalue weighted by atomic mass is 16.2. The number of nitrogens with two attached hydrogens (primary N) is 1. The lowest BCUT2D eigenvalue weighted by Crippen LogP contribution is -2.35. The number of likely N-dealkylation sites (N-methyl/N-ethyl adjacent to an activating group) is 1. The van der Waals surface area contributed by atoms with Gasteiger partial charge in [-0.05, 0) is 38.5 Å². The summed E-state index contributed by atoms with van der Waals surface area (Å²) in [5.74, 6) is 0.732. The standard InChI is InChI=1S/C16H18N6O/c1-4-21-12-6-11-13(5-9(12)16(2,3)15(21)23)22(8-18-11)14-10(17)7-19-20-14/h5-8H,4,17H2,1-3H3,(H,19,20). The quantitative estimate of drug-likeness (QED) is 0.757. The van der Waals surface area contributed by atoms with Crippen molar-refractivity contribution in [3.05, 3.63) is 30.2 Å². The van der Waals surface area contributed by atoms with Crippen molar-refractivity contribution in [1.29, 1.82) is 0 Å². The van der Waals surface area contributed by atoms with Gasteiger partial charge in [-0.1, -0.05) is 0 Å². The summed E-state index contributed by atoms with van der Waals surface area (Å²) in [6.45, 7) is 6.54. The molecule has 0 aliphatic carbocycles. The molecule has 4 rings (SSSR count). The van der Waals surface area contributed by atoms with Crippen LogP contribution in [0.15, 0.2) is 24.7 Å². The molecule has 118 valence electrons. The van der Waals surface area contributed by atoms with Gasteiger partial charge in [0.05, 0.1) is 27.8 Å². The van der Waals surface area contributed by atoms with Crippen LogP contribution in [-0.2, 0) is 10.2 Å². The van der Waals surface area contributed by atoms with Crippen LogP contribution in [0.2, 0.25) is 0 Å². The molecule has 1 amide bonds. The average molecular weight is 310 g/mol. The van der Waals surface area contributed by atoms with Crippen LogP contribution >= 0.6 is 0 Å². The van der Waals surface area contributed by atoms with E-state index in [4.69, 9.17) is 5.73 Å². The normalized spacial score (nSPS) is 16.3. The third kappa shape index (κ3) is 1.67. The van der Waals surface area contributed by atoms with Gasteiger partial charge in [0.25, 0.3) is 0 Å². The molecule has 23 heavy (non-hydrogen) atoms. The van der Waals surface area contributed by atoms with Crippen molar-refractivity contribution in [2.75, 3.05) is 17.2 Å². The Morgan fingerprint density at radius 1 is 1.35 bits per heavy atom. The SMILES string of the molecule is CCN1C(=O)C(C)(C)c2cc3c(cc21)ncn3-c1n[nH]cc1N. The summed E-state index contributed by atoms with van der Waals surface area (Å²) < 4.78 is 1.84. The maximum Gasteiger partial charge on any atom is 0.237 e. The minimum absolute atomic E-state index is 0.119. The molecule has 2 aromatic heterocycles. The molecule has 3 aromatic rings. The topological polar surface area (TPSA) is 92.8 Å². The van der Waals surface area contributed by atoms with Crippen LogP contribution in [0.3, 0.4) is 0 Å². The van der Waals surface area contributed by atoms with Crippen molar-refractivity contribution in [2.45, 2.75) is 26.2 Å². The maximum atomic E-state index is 12.6. The molecule has 0 unspecified atom stereocenters. The second kappa shape index (κ2) is 4.34. The fourth-order valence-corrected chi connectivity index (χ4v) is 3.30. The number of hydrogen-bond donors (Lipinski definition) is 2. The van der Waals surface area contributed by atoms with E-state index >= 15 is 0 Å². The minimum atomic E-state index is -0.550. The number of nitrogens with zero attached hydrogens (tertiary/aromatic N) is 4. The largest absolute Gasteiger partial charge is 0.394 e. The van der Waals surface area contributed by atoms with E-state index < -0.39 is 5.41 Å². The first-order chi connectivity index (χ1) is 10.9. The van der Waals surface area contributed by atoms with Gasteiger partial charge in [-0.3, -0.25) is 14.5 Å². The van der Waals surface area contributed by atoms with Crippen LogP contribution in [-0.4, -0.2) is 32.2 Å². The van der Waals surface area contributed by atoms with E-state index in [1.807, 2.05) is 42.4 Å². The van der Waals surface area contributed by atoms with Gasteiger partial charge in [-0.2, -0.15) is 5.10 Å². The molecule has 0 saturated carbocycles. The number of carbonyl (C=O) groups is 1. The Kier molecular flexibility index (Phi) is 2.61. The minimum Gasteiger partial charge on any atom is -0.394 e. The summed E-state index contributed by atoms with van der Waals surface area (Å²) in [4.78, 5) is 18.9. The summed E-state index contributed by atoms with van der Waals surface area (Å²) in [6.07, 6.45) is 3.35. The van der Waals surface area contributed by atoms with E-state index in [9.17, 15) is 4.79 Å². The predicted octanol–water partition coefficient (Wildman–Crippen LogP) is 1.97. The second-order valence-electron chi connectivity index (χ2n) is 6.31. The molecule has 0 spiro atoms. The van der Waals surface area contributed by atoms with Crippen LogP contribution in [0, 0.1) is 0 Å². The van der Waals surface area contributed by atoms with Crippen LogP contribution in [0.25, 0.3) is 16.9 Å². The third-order valence-corrected chi connectivity index (χ3v) is 4.60. The van der Waals surface area contributed by atoms with Crippen LogP contribution in [0.5, 0.6) is 0 Å². The van der Waals surface area contributed by atoms with Gasteiger partial charge in [0.15, 0.2) is 5.82 Å². The van der Waals surface area contributed by atoms with Gasteiger partial charge in [-0.25, -0.2) is 4.98 Å². The van der Waals surface area contributed by atoms with Crippen LogP contribution in [0.1, 0.15) is 26.3 Å². The Hall–Kier alpha value is -2.83. The molecule has 0 fully saturated rings. The first kappa shape index (κ1) is 13.8. The van der Waals surface area contributed by atoms with Gasteiger partial charge >= 0.3 is 0 Å².